The van der Waals surface area contributed by atoms with Gasteiger partial charge >= 0.3 is 0 Å². The van der Waals surface area contributed by atoms with Crippen LogP contribution in [0, 0.1) is 5.92 Å². The topological polar surface area (TPSA) is 34.1 Å². The summed E-state index contributed by atoms with van der Waals surface area (Å²) in [5.74, 6) is 1.55. The molecule has 0 aromatic carbocycles. The fourth-order valence-corrected chi connectivity index (χ4v) is 1.75. The van der Waals surface area contributed by atoms with Gasteiger partial charge in [0.15, 0.2) is 0 Å². The van der Waals surface area contributed by atoms with Crippen LogP contribution in [0.25, 0.3) is 0 Å². The second-order valence-electron chi connectivity index (χ2n) is 4.82. The Balaban J connectivity index is 1.90. The normalized spacial score (nSPS) is 17.2. The van der Waals surface area contributed by atoms with Crippen LogP contribution < -0.4 is 10.1 Å². The number of nitrogens with one attached hydrogen (secondary N) is 1. The number of nitrogens with zero attached hydrogens (tertiary/aromatic N) is 1. The van der Waals surface area contributed by atoms with Crippen molar-refractivity contribution in [3.8, 4) is 5.88 Å². The van der Waals surface area contributed by atoms with E-state index in [1.807, 2.05) is 32.2 Å². The second kappa shape index (κ2) is 4.73. The fourth-order valence-electron chi connectivity index (χ4n) is 1.75. The van der Waals surface area contributed by atoms with Crippen LogP contribution in [-0.4, -0.2) is 17.1 Å². The fraction of sp³-hybridized carbons (Fsp3) is 0.615. The first-order chi connectivity index (χ1) is 7.65. The highest BCUT2D eigenvalue weighted by Gasteiger charge is 2.27. The molecule has 0 bridgehead atoms. The van der Waals surface area contributed by atoms with E-state index < -0.39 is 0 Å². The van der Waals surface area contributed by atoms with Crippen LogP contribution in [-0.2, 0) is 0 Å². The summed E-state index contributed by atoms with van der Waals surface area (Å²) in [5.41, 5.74) is 1.08. The Morgan fingerprint density at radius 3 is 2.56 bits per heavy atom. The van der Waals surface area contributed by atoms with E-state index in [2.05, 4.69) is 17.2 Å². The Bertz CT molecular complexity index is 330. The van der Waals surface area contributed by atoms with Crippen LogP contribution in [0.15, 0.2) is 18.3 Å². The minimum atomic E-state index is 0.177. The number of hydrogen-bond donors (Lipinski definition) is 1. The van der Waals surface area contributed by atoms with E-state index in [1.54, 1.807) is 0 Å². The van der Waals surface area contributed by atoms with E-state index in [1.165, 1.54) is 12.8 Å². The van der Waals surface area contributed by atoms with Crippen molar-refractivity contribution < 1.29 is 4.74 Å². The van der Waals surface area contributed by atoms with E-state index in [0.29, 0.717) is 11.9 Å². The molecule has 0 amide bonds. The minimum Gasteiger partial charge on any atom is -0.475 e. The maximum atomic E-state index is 5.50. The van der Waals surface area contributed by atoms with Crippen molar-refractivity contribution in [3.05, 3.63) is 18.3 Å². The molecule has 1 aromatic rings. The average molecular weight is 220 g/mol. The highest BCUT2D eigenvalue weighted by Crippen LogP contribution is 2.33. The van der Waals surface area contributed by atoms with Crippen molar-refractivity contribution >= 4 is 5.69 Å². The van der Waals surface area contributed by atoms with Gasteiger partial charge in [-0.2, -0.15) is 0 Å². The molecule has 16 heavy (non-hydrogen) atoms. The SMILES string of the molecule is CC(C)Oc1ccc(NC(C)C2CC2)cn1. The third-order valence-electron chi connectivity index (χ3n) is 2.82. The Kier molecular flexibility index (Phi) is 3.32. The molecule has 2 rings (SSSR count). The first-order valence-electron chi connectivity index (χ1n) is 6.04. The molecular formula is C13H20N2O. The lowest BCUT2D eigenvalue weighted by molar-refractivity contribution is 0.232. The largest absolute Gasteiger partial charge is 0.475 e. The molecule has 3 nitrogen and oxygen atoms in total. The molecule has 1 N–H and O–H groups in total. The molecule has 1 fully saturated rings. The zero-order valence-electron chi connectivity index (χ0n) is 10.2. The molecular weight excluding hydrogens is 200 g/mol. The zero-order valence-corrected chi connectivity index (χ0v) is 10.2. The molecule has 1 unspecified atom stereocenters. The van der Waals surface area contributed by atoms with Gasteiger partial charge in [0.1, 0.15) is 0 Å². The molecule has 0 spiro atoms. The Hall–Kier alpha value is -1.25. The highest BCUT2D eigenvalue weighted by atomic mass is 16.5. The molecule has 0 aliphatic heterocycles. The molecule has 1 aliphatic carbocycles. The highest BCUT2D eigenvalue weighted by molar-refractivity contribution is 5.43. The van der Waals surface area contributed by atoms with Gasteiger partial charge in [-0.3, -0.25) is 0 Å². The van der Waals surface area contributed by atoms with Crippen LogP contribution >= 0.6 is 0 Å². The zero-order chi connectivity index (χ0) is 11.5. The van der Waals surface area contributed by atoms with Gasteiger partial charge in [0.2, 0.25) is 5.88 Å². The minimum absolute atomic E-state index is 0.177. The first kappa shape index (κ1) is 11.2. The lowest BCUT2D eigenvalue weighted by Crippen LogP contribution is -2.17. The van der Waals surface area contributed by atoms with Gasteiger partial charge in [0.05, 0.1) is 18.0 Å². The van der Waals surface area contributed by atoms with Gasteiger partial charge in [0, 0.05) is 12.1 Å². The lowest BCUT2D eigenvalue weighted by atomic mass is 10.2. The summed E-state index contributed by atoms with van der Waals surface area (Å²) >= 11 is 0. The van der Waals surface area contributed by atoms with Crippen LogP contribution in [0.3, 0.4) is 0 Å². The van der Waals surface area contributed by atoms with Gasteiger partial charge < -0.3 is 10.1 Å². The van der Waals surface area contributed by atoms with Crippen LogP contribution in [0.4, 0.5) is 5.69 Å². The Labute approximate surface area is 97.2 Å². The molecule has 1 saturated carbocycles. The van der Waals surface area contributed by atoms with E-state index in [-0.39, 0.29) is 6.10 Å². The number of rotatable bonds is 5. The summed E-state index contributed by atoms with van der Waals surface area (Å²) in [6.45, 7) is 6.24. The van der Waals surface area contributed by atoms with Crippen LogP contribution in [0.5, 0.6) is 5.88 Å². The standard InChI is InChI=1S/C13H20N2O/c1-9(2)16-13-7-6-12(8-14-13)15-10(3)11-4-5-11/h6-11,15H,4-5H2,1-3H3. The van der Waals surface area contributed by atoms with Crippen molar-refractivity contribution in [1.29, 1.82) is 0 Å². The molecule has 1 aromatic heterocycles. The van der Waals surface area contributed by atoms with E-state index in [9.17, 15) is 0 Å². The summed E-state index contributed by atoms with van der Waals surface area (Å²) in [7, 11) is 0. The van der Waals surface area contributed by atoms with E-state index in [0.717, 1.165) is 11.6 Å². The Morgan fingerprint density at radius 1 is 1.31 bits per heavy atom. The molecule has 1 atom stereocenters. The maximum Gasteiger partial charge on any atom is 0.213 e. The van der Waals surface area contributed by atoms with E-state index in [4.69, 9.17) is 4.74 Å². The first-order valence-corrected chi connectivity index (χ1v) is 6.04. The van der Waals surface area contributed by atoms with Crippen molar-refractivity contribution in [3.63, 3.8) is 0 Å². The quantitative estimate of drug-likeness (QED) is 0.828. The monoisotopic (exact) mass is 220 g/mol. The molecule has 3 heteroatoms. The number of ether oxygens (including phenoxy) is 1. The van der Waals surface area contributed by atoms with Crippen molar-refractivity contribution in [2.45, 2.75) is 45.8 Å². The maximum absolute atomic E-state index is 5.50. The third-order valence-corrected chi connectivity index (χ3v) is 2.82. The third kappa shape index (κ3) is 3.12. The van der Waals surface area contributed by atoms with Gasteiger partial charge in [-0.25, -0.2) is 4.98 Å². The van der Waals surface area contributed by atoms with Gasteiger partial charge in [-0.1, -0.05) is 0 Å². The summed E-state index contributed by atoms with van der Waals surface area (Å²) in [5, 5.41) is 3.47. The van der Waals surface area contributed by atoms with Gasteiger partial charge in [-0.15, -0.1) is 0 Å². The lowest BCUT2D eigenvalue weighted by Gasteiger charge is -2.14. The van der Waals surface area contributed by atoms with Crippen molar-refractivity contribution in [1.82, 2.24) is 4.98 Å². The number of anilines is 1. The van der Waals surface area contributed by atoms with Gasteiger partial charge in [0.25, 0.3) is 0 Å². The predicted molar refractivity (Wildman–Crippen MR) is 65.8 cm³/mol. The summed E-state index contributed by atoms with van der Waals surface area (Å²) in [6.07, 6.45) is 4.74. The van der Waals surface area contributed by atoms with E-state index >= 15 is 0 Å². The average Bonchev–Trinajstić information content (AvgIpc) is 3.03. The molecule has 88 valence electrons. The number of pyridine rings is 1. The number of hydrogen-bond acceptors (Lipinski definition) is 3. The summed E-state index contributed by atoms with van der Waals surface area (Å²) in [6, 6.07) is 4.50. The Morgan fingerprint density at radius 2 is 2.06 bits per heavy atom. The van der Waals surface area contributed by atoms with Crippen molar-refractivity contribution in [2.75, 3.05) is 5.32 Å². The van der Waals surface area contributed by atoms with Crippen LogP contribution in [0.2, 0.25) is 0 Å². The smallest absolute Gasteiger partial charge is 0.213 e. The summed E-state index contributed by atoms with van der Waals surface area (Å²) in [4.78, 5) is 4.27. The molecule has 0 saturated heterocycles. The molecule has 0 radical (unpaired) electrons. The van der Waals surface area contributed by atoms with Crippen molar-refractivity contribution in [2.24, 2.45) is 5.92 Å². The predicted octanol–water partition coefficient (Wildman–Crippen LogP) is 3.08. The molecule has 1 heterocycles. The summed E-state index contributed by atoms with van der Waals surface area (Å²) < 4.78 is 5.50. The van der Waals surface area contributed by atoms with Crippen LogP contribution in [0.1, 0.15) is 33.6 Å². The number of aromatic nitrogens is 1. The van der Waals surface area contributed by atoms with Gasteiger partial charge in [-0.05, 0) is 45.6 Å². The molecule has 1 aliphatic rings. The second-order valence-corrected chi connectivity index (χ2v) is 4.82.